The molecule has 0 amide bonds. The van der Waals surface area contributed by atoms with Crippen molar-refractivity contribution in [3.63, 3.8) is 0 Å². The van der Waals surface area contributed by atoms with Crippen LogP contribution in [-0.2, 0) is 0 Å². The summed E-state index contributed by atoms with van der Waals surface area (Å²) in [6.07, 6.45) is 7.23. The fraction of sp³-hybridized carbons (Fsp3) is 0.727. The van der Waals surface area contributed by atoms with Gasteiger partial charge in [-0.2, -0.15) is 0 Å². The Labute approximate surface area is 90.9 Å². The highest BCUT2D eigenvalue weighted by Crippen LogP contribution is 2.15. The van der Waals surface area contributed by atoms with Crippen LogP contribution in [0.15, 0.2) is 12.4 Å². The Bertz CT molecular complexity index is 264. The summed E-state index contributed by atoms with van der Waals surface area (Å²) in [5.41, 5.74) is 0. The molecule has 2 heterocycles. The zero-order valence-corrected chi connectivity index (χ0v) is 9.29. The van der Waals surface area contributed by atoms with E-state index >= 15 is 0 Å². The molecule has 1 saturated heterocycles. The first kappa shape index (κ1) is 10.6. The lowest BCUT2D eigenvalue weighted by Crippen LogP contribution is -2.41. The Balaban J connectivity index is 1.90. The minimum absolute atomic E-state index is 0.378. The van der Waals surface area contributed by atoms with Gasteiger partial charge in [-0.3, -0.25) is 0 Å². The third-order valence-electron chi connectivity index (χ3n) is 3.03. The second kappa shape index (κ2) is 5.28. The molecule has 1 aromatic heterocycles. The number of piperidine rings is 1. The van der Waals surface area contributed by atoms with Gasteiger partial charge < -0.3 is 15.6 Å². The molecule has 3 N–H and O–H groups in total. The smallest absolute Gasteiger partial charge is 0.123 e. The van der Waals surface area contributed by atoms with E-state index in [9.17, 15) is 0 Å². The Morgan fingerprint density at radius 1 is 1.53 bits per heavy atom. The summed E-state index contributed by atoms with van der Waals surface area (Å²) in [6.45, 7) is 4.46. The van der Waals surface area contributed by atoms with Crippen LogP contribution in [-0.4, -0.2) is 29.1 Å². The predicted molar refractivity (Wildman–Crippen MR) is 60.6 cm³/mol. The highest BCUT2D eigenvalue weighted by Gasteiger charge is 2.18. The first-order chi connectivity index (χ1) is 7.40. The van der Waals surface area contributed by atoms with Crippen LogP contribution in [0.4, 0.5) is 0 Å². The van der Waals surface area contributed by atoms with E-state index in [1.807, 2.05) is 12.4 Å². The first-order valence-corrected chi connectivity index (χ1v) is 5.86. The molecule has 2 rings (SSSR count). The van der Waals surface area contributed by atoms with Crippen LogP contribution >= 0.6 is 0 Å². The van der Waals surface area contributed by atoms with Crippen LogP contribution in [0, 0.1) is 0 Å². The molecule has 0 saturated carbocycles. The highest BCUT2D eigenvalue weighted by molar-refractivity contribution is 4.96. The lowest BCUT2D eigenvalue weighted by atomic mass is 10.0. The van der Waals surface area contributed by atoms with Crippen molar-refractivity contribution < 1.29 is 0 Å². The van der Waals surface area contributed by atoms with Crippen molar-refractivity contribution in [2.24, 2.45) is 0 Å². The summed E-state index contributed by atoms with van der Waals surface area (Å²) in [6, 6.07) is 1.02. The predicted octanol–water partition coefficient (Wildman–Crippen LogP) is 1.20. The monoisotopic (exact) mass is 208 g/mol. The molecule has 0 bridgehead atoms. The SMILES string of the molecule is CCC(NC1CCNCC1)c1ncc[nH]1. The van der Waals surface area contributed by atoms with Crippen LogP contribution in [0.3, 0.4) is 0 Å². The molecule has 15 heavy (non-hydrogen) atoms. The molecule has 1 aliphatic rings. The maximum Gasteiger partial charge on any atom is 0.123 e. The number of imidazole rings is 1. The summed E-state index contributed by atoms with van der Waals surface area (Å²) in [4.78, 5) is 7.51. The van der Waals surface area contributed by atoms with Gasteiger partial charge >= 0.3 is 0 Å². The summed E-state index contributed by atoms with van der Waals surface area (Å²) in [5, 5.41) is 7.05. The molecular formula is C11H20N4. The molecule has 1 atom stereocenters. The fourth-order valence-corrected chi connectivity index (χ4v) is 2.13. The molecule has 1 aliphatic heterocycles. The zero-order valence-electron chi connectivity index (χ0n) is 9.29. The third-order valence-corrected chi connectivity index (χ3v) is 3.03. The van der Waals surface area contributed by atoms with Gasteiger partial charge in [0.2, 0.25) is 0 Å². The van der Waals surface area contributed by atoms with Gasteiger partial charge in [0.1, 0.15) is 5.82 Å². The van der Waals surface area contributed by atoms with Crippen molar-refractivity contribution in [1.82, 2.24) is 20.6 Å². The quantitative estimate of drug-likeness (QED) is 0.697. The zero-order chi connectivity index (χ0) is 10.5. The van der Waals surface area contributed by atoms with E-state index in [0.717, 1.165) is 25.3 Å². The van der Waals surface area contributed by atoms with Crippen molar-refractivity contribution in [1.29, 1.82) is 0 Å². The minimum atomic E-state index is 0.378. The topological polar surface area (TPSA) is 52.7 Å². The number of nitrogens with one attached hydrogen (secondary N) is 3. The van der Waals surface area contributed by atoms with E-state index < -0.39 is 0 Å². The number of H-pyrrole nitrogens is 1. The number of hydrogen-bond donors (Lipinski definition) is 3. The number of rotatable bonds is 4. The average Bonchev–Trinajstić information content (AvgIpc) is 2.81. The van der Waals surface area contributed by atoms with Crippen molar-refractivity contribution in [3.05, 3.63) is 18.2 Å². The number of hydrogen-bond acceptors (Lipinski definition) is 3. The molecule has 0 aromatic carbocycles. The van der Waals surface area contributed by atoms with Crippen LogP contribution in [0.2, 0.25) is 0 Å². The highest BCUT2D eigenvalue weighted by atomic mass is 15.0. The summed E-state index contributed by atoms with van der Waals surface area (Å²) < 4.78 is 0. The summed E-state index contributed by atoms with van der Waals surface area (Å²) in [7, 11) is 0. The normalized spacial score (nSPS) is 20.3. The standard InChI is InChI=1S/C11H20N4/c1-2-10(11-13-7-8-14-11)15-9-3-5-12-6-4-9/h7-10,12,15H,2-6H2,1H3,(H,13,14). The molecule has 4 heteroatoms. The second-order valence-electron chi connectivity index (χ2n) is 4.13. The van der Waals surface area contributed by atoms with Crippen molar-refractivity contribution in [3.8, 4) is 0 Å². The van der Waals surface area contributed by atoms with Crippen molar-refractivity contribution >= 4 is 0 Å². The van der Waals surface area contributed by atoms with Crippen LogP contribution in [0.5, 0.6) is 0 Å². The Kier molecular flexibility index (Phi) is 3.75. The van der Waals surface area contributed by atoms with E-state index in [4.69, 9.17) is 0 Å². The fourth-order valence-electron chi connectivity index (χ4n) is 2.13. The largest absolute Gasteiger partial charge is 0.347 e. The second-order valence-corrected chi connectivity index (χ2v) is 4.13. The van der Waals surface area contributed by atoms with Crippen LogP contribution in [0.1, 0.15) is 38.1 Å². The molecule has 1 unspecified atom stereocenters. The van der Waals surface area contributed by atoms with Gasteiger partial charge in [-0.05, 0) is 32.4 Å². The Morgan fingerprint density at radius 2 is 2.33 bits per heavy atom. The molecular weight excluding hydrogens is 188 g/mol. The van der Waals surface area contributed by atoms with Crippen LogP contribution < -0.4 is 10.6 Å². The third kappa shape index (κ3) is 2.79. The van der Waals surface area contributed by atoms with Crippen molar-refractivity contribution in [2.75, 3.05) is 13.1 Å². The van der Waals surface area contributed by atoms with Gasteiger partial charge in [-0.1, -0.05) is 6.92 Å². The first-order valence-electron chi connectivity index (χ1n) is 5.86. The van der Waals surface area contributed by atoms with Gasteiger partial charge in [0.15, 0.2) is 0 Å². The summed E-state index contributed by atoms with van der Waals surface area (Å²) in [5.74, 6) is 1.07. The Hall–Kier alpha value is -0.870. The molecule has 0 spiro atoms. The van der Waals surface area contributed by atoms with E-state index in [0.29, 0.717) is 12.1 Å². The van der Waals surface area contributed by atoms with Gasteiger partial charge in [-0.25, -0.2) is 4.98 Å². The molecule has 0 aliphatic carbocycles. The maximum absolute atomic E-state index is 4.32. The van der Waals surface area contributed by atoms with E-state index in [1.54, 1.807) is 0 Å². The molecule has 1 aromatic rings. The molecule has 1 fully saturated rings. The lowest BCUT2D eigenvalue weighted by Gasteiger charge is -2.27. The summed E-state index contributed by atoms with van der Waals surface area (Å²) >= 11 is 0. The number of aromatic amines is 1. The Morgan fingerprint density at radius 3 is 2.93 bits per heavy atom. The van der Waals surface area contributed by atoms with E-state index in [1.165, 1.54) is 12.8 Å². The lowest BCUT2D eigenvalue weighted by molar-refractivity contribution is 0.339. The van der Waals surface area contributed by atoms with Gasteiger partial charge in [0.05, 0.1) is 6.04 Å². The number of nitrogens with zero attached hydrogens (tertiary/aromatic N) is 1. The van der Waals surface area contributed by atoms with Crippen LogP contribution in [0.25, 0.3) is 0 Å². The number of aromatic nitrogens is 2. The molecule has 0 radical (unpaired) electrons. The van der Waals surface area contributed by atoms with Crippen molar-refractivity contribution in [2.45, 2.75) is 38.3 Å². The van der Waals surface area contributed by atoms with Gasteiger partial charge in [-0.15, -0.1) is 0 Å². The molecule has 84 valence electrons. The average molecular weight is 208 g/mol. The maximum atomic E-state index is 4.32. The van der Waals surface area contributed by atoms with E-state index in [-0.39, 0.29) is 0 Å². The minimum Gasteiger partial charge on any atom is -0.347 e. The van der Waals surface area contributed by atoms with Gasteiger partial charge in [0, 0.05) is 18.4 Å². The van der Waals surface area contributed by atoms with E-state index in [2.05, 4.69) is 27.5 Å². The van der Waals surface area contributed by atoms with Gasteiger partial charge in [0.25, 0.3) is 0 Å². The molecule has 4 nitrogen and oxygen atoms in total.